The number of aromatic nitrogens is 4. The molecule has 3 aromatic heterocycles. The van der Waals surface area contributed by atoms with Crippen molar-refractivity contribution in [2.45, 2.75) is 44.6 Å². The first kappa shape index (κ1) is 22.7. The predicted octanol–water partition coefficient (Wildman–Crippen LogP) is 2.90. The van der Waals surface area contributed by atoms with Gasteiger partial charge in [-0.25, -0.2) is 4.98 Å². The zero-order chi connectivity index (χ0) is 24.0. The largest absolute Gasteiger partial charge is 0.455 e. The molecule has 0 spiro atoms. The number of furan rings is 1. The van der Waals surface area contributed by atoms with Crippen molar-refractivity contribution in [3.05, 3.63) is 47.1 Å². The van der Waals surface area contributed by atoms with Crippen molar-refractivity contribution >= 4 is 5.91 Å². The fraction of sp³-hybridized carbons (Fsp3) is 0.500. The van der Waals surface area contributed by atoms with Crippen LogP contribution in [0.4, 0.5) is 13.2 Å². The first-order valence-electron chi connectivity index (χ1n) is 11.0. The number of carbonyl (C=O) groups is 1. The molecule has 182 valence electrons. The van der Waals surface area contributed by atoms with Crippen molar-refractivity contribution in [1.29, 1.82) is 0 Å². The van der Waals surface area contributed by atoms with Crippen molar-refractivity contribution in [1.82, 2.24) is 24.6 Å². The first-order chi connectivity index (χ1) is 16.2. The van der Waals surface area contributed by atoms with Crippen LogP contribution >= 0.6 is 0 Å². The highest BCUT2D eigenvalue weighted by Gasteiger charge is 2.46. The van der Waals surface area contributed by atoms with Crippen LogP contribution in [-0.2, 0) is 42.2 Å². The number of fused-ring (bicyclic) bond motifs is 3. The molecule has 1 fully saturated rings. The Hall–Kier alpha value is -3.12. The number of aryl methyl sites for hydroxylation is 1. The van der Waals surface area contributed by atoms with Gasteiger partial charge in [-0.2, -0.15) is 18.3 Å². The van der Waals surface area contributed by atoms with E-state index in [1.54, 1.807) is 28.7 Å². The van der Waals surface area contributed by atoms with Crippen molar-refractivity contribution in [3.63, 3.8) is 0 Å². The summed E-state index contributed by atoms with van der Waals surface area (Å²) in [5, 5.41) is 6.94. The maximum atomic E-state index is 14.2. The molecule has 2 atom stereocenters. The molecule has 1 saturated heterocycles. The average Bonchev–Trinajstić information content (AvgIpc) is 3.49. The number of nitrogens with zero attached hydrogens (tertiary/aromatic N) is 4. The minimum atomic E-state index is -4.81. The molecule has 3 aromatic rings. The summed E-state index contributed by atoms with van der Waals surface area (Å²) < 4.78 is 62.6. The van der Waals surface area contributed by atoms with Gasteiger partial charge in [0.15, 0.2) is 0 Å². The fourth-order valence-electron chi connectivity index (χ4n) is 4.44. The van der Waals surface area contributed by atoms with Gasteiger partial charge < -0.3 is 23.8 Å². The van der Waals surface area contributed by atoms with E-state index in [-0.39, 0.29) is 42.0 Å². The van der Waals surface area contributed by atoms with Crippen LogP contribution < -0.4 is 5.32 Å². The lowest BCUT2D eigenvalue weighted by Crippen LogP contribution is -2.32. The number of nitrogens with one attached hydrogen (secondary N) is 1. The summed E-state index contributed by atoms with van der Waals surface area (Å²) in [6.45, 7) is 3.59. The number of hydrogen-bond donors (Lipinski definition) is 1. The van der Waals surface area contributed by atoms with Crippen LogP contribution in [0.5, 0.6) is 0 Å². The molecule has 1 amide bonds. The van der Waals surface area contributed by atoms with E-state index in [4.69, 9.17) is 13.9 Å². The lowest BCUT2D eigenvalue weighted by atomic mass is 9.86. The van der Waals surface area contributed by atoms with Crippen molar-refractivity contribution in [2.24, 2.45) is 7.05 Å². The molecule has 0 unspecified atom stereocenters. The van der Waals surface area contributed by atoms with Crippen molar-refractivity contribution in [2.75, 3.05) is 19.8 Å². The Labute approximate surface area is 192 Å². The van der Waals surface area contributed by atoms with Gasteiger partial charge >= 0.3 is 6.18 Å². The summed E-state index contributed by atoms with van der Waals surface area (Å²) in [5.41, 5.74) is 0.116. The SMILES string of the molecule is C[C@@H]1Cc2oc(C(=O)NCc3cn(C)cn3)c(C(F)(F)F)c2-c2nn(C[C@H]3COCCO3)cc21. The number of imidazole rings is 1. The van der Waals surface area contributed by atoms with Crippen LogP contribution in [0.25, 0.3) is 11.3 Å². The van der Waals surface area contributed by atoms with E-state index in [0.717, 1.165) is 0 Å². The Morgan fingerprint density at radius 2 is 2.12 bits per heavy atom. The topological polar surface area (TPSA) is 96.3 Å². The highest BCUT2D eigenvalue weighted by atomic mass is 19.4. The van der Waals surface area contributed by atoms with Crippen molar-refractivity contribution in [3.8, 4) is 11.3 Å². The van der Waals surface area contributed by atoms with E-state index in [2.05, 4.69) is 15.4 Å². The number of halogens is 3. The van der Waals surface area contributed by atoms with E-state index in [1.807, 2.05) is 6.92 Å². The second-order valence-electron chi connectivity index (χ2n) is 8.64. The highest BCUT2D eigenvalue weighted by molar-refractivity contribution is 5.96. The van der Waals surface area contributed by atoms with Gasteiger partial charge in [0.2, 0.25) is 5.76 Å². The van der Waals surface area contributed by atoms with Crippen molar-refractivity contribution < 1.29 is 31.9 Å². The number of hydrogen-bond acceptors (Lipinski definition) is 6. The Kier molecular flexibility index (Phi) is 5.72. The molecule has 1 aliphatic carbocycles. The number of rotatable bonds is 5. The summed E-state index contributed by atoms with van der Waals surface area (Å²) in [5.74, 6) is -1.73. The summed E-state index contributed by atoms with van der Waals surface area (Å²) in [7, 11) is 1.76. The molecule has 2 aliphatic rings. The molecule has 0 saturated carbocycles. The third kappa shape index (κ3) is 4.23. The van der Waals surface area contributed by atoms with E-state index in [0.29, 0.717) is 37.6 Å². The number of amides is 1. The van der Waals surface area contributed by atoms with Crippen LogP contribution in [0.15, 0.2) is 23.1 Å². The van der Waals surface area contributed by atoms with Crippen LogP contribution in [0, 0.1) is 0 Å². The fourth-order valence-corrected chi connectivity index (χ4v) is 4.44. The van der Waals surface area contributed by atoms with Crippen LogP contribution in [-0.4, -0.2) is 51.2 Å². The highest BCUT2D eigenvalue weighted by Crippen LogP contribution is 2.48. The van der Waals surface area contributed by atoms with Crippen LogP contribution in [0.1, 0.15) is 46.0 Å². The average molecular weight is 479 g/mol. The molecule has 5 rings (SSSR count). The maximum absolute atomic E-state index is 14.2. The smallest absolute Gasteiger partial charge is 0.420 e. The Morgan fingerprint density at radius 1 is 1.29 bits per heavy atom. The molecule has 4 heterocycles. The van der Waals surface area contributed by atoms with Gasteiger partial charge in [0, 0.05) is 31.4 Å². The lowest BCUT2D eigenvalue weighted by molar-refractivity contribution is -0.137. The molecular weight excluding hydrogens is 455 g/mol. The van der Waals surface area contributed by atoms with Crippen LogP contribution in [0.3, 0.4) is 0 Å². The Bertz CT molecular complexity index is 1210. The predicted molar refractivity (Wildman–Crippen MR) is 112 cm³/mol. The molecule has 0 bridgehead atoms. The lowest BCUT2D eigenvalue weighted by Gasteiger charge is -2.22. The standard InChI is InChI=1S/C22H24F3N5O4/c1-12-5-16-17(19-15(12)9-30(28-19)8-14-10-32-3-4-33-14)18(22(23,24)25)20(34-16)21(31)26-6-13-7-29(2)11-27-13/h7,9,11-12,14H,3-6,8,10H2,1-2H3,(H,26,31)/t12-,14+/m1/s1. The zero-order valence-electron chi connectivity index (χ0n) is 18.7. The monoisotopic (exact) mass is 479 g/mol. The number of carbonyl (C=O) groups excluding carboxylic acids is 1. The molecule has 12 heteroatoms. The van der Waals surface area contributed by atoms with E-state index >= 15 is 0 Å². The Morgan fingerprint density at radius 3 is 2.79 bits per heavy atom. The quantitative estimate of drug-likeness (QED) is 0.605. The second-order valence-corrected chi connectivity index (χ2v) is 8.64. The normalized spacial score (nSPS) is 20.1. The zero-order valence-corrected chi connectivity index (χ0v) is 18.7. The van der Waals surface area contributed by atoms with Gasteiger partial charge in [0.25, 0.3) is 5.91 Å². The molecule has 34 heavy (non-hydrogen) atoms. The second kappa shape index (κ2) is 8.58. The van der Waals surface area contributed by atoms with Gasteiger partial charge in [0.05, 0.1) is 56.2 Å². The van der Waals surface area contributed by atoms with E-state index in [1.165, 1.54) is 6.33 Å². The van der Waals surface area contributed by atoms with Gasteiger partial charge in [-0.1, -0.05) is 6.92 Å². The minimum Gasteiger partial charge on any atom is -0.455 e. The van der Waals surface area contributed by atoms with Gasteiger partial charge in [0.1, 0.15) is 17.4 Å². The first-order valence-corrected chi connectivity index (χ1v) is 11.0. The molecule has 0 radical (unpaired) electrons. The minimum absolute atomic E-state index is 0.0257. The van der Waals surface area contributed by atoms with E-state index in [9.17, 15) is 18.0 Å². The summed E-state index contributed by atoms with van der Waals surface area (Å²) in [6, 6.07) is 0. The number of alkyl halides is 3. The van der Waals surface area contributed by atoms with Gasteiger partial charge in [-0.15, -0.1) is 0 Å². The molecule has 0 aromatic carbocycles. The molecular formula is C22H24F3N5O4. The molecule has 9 nitrogen and oxygen atoms in total. The third-order valence-corrected chi connectivity index (χ3v) is 5.98. The molecule has 1 N–H and O–H groups in total. The molecule has 1 aliphatic heterocycles. The van der Waals surface area contributed by atoms with Gasteiger partial charge in [-0.3, -0.25) is 9.48 Å². The van der Waals surface area contributed by atoms with Gasteiger partial charge in [-0.05, 0) is 5.92 Å². The summed E-state index contributed by atoms with van der Waals surface area (Å²) in [6.07, 6.45) is 0.140. The number of ether oxygens (including phenoxy) is 2. The third-order valence-electron chi connectivity index (χ3n) is 5.98. The van der Waals surface area contributed by atoms with Crippen LogP contribution in [0.2, 0.25) is 0 Å². The Balaban J connectivity index is 1.49. The summed E-state index contributed by atoms with van der Waals surface area (Å²) >= 11 is 0. The van der Waals surface area contributed by atoms with E-state index < -0.39 is 23.4 Å². The maximum Gasteiger partial charge on any atom is 0.420 e. The summed E-state index contributed by atoms with van der Waals surface area (Å²) in [4.78, 5) is 16.8.